The molecule has 1 aliphatic rings. The van der Waals surface area contributed by atoms with Crippen LogP contribution in [0.3, 0.4) is 0 Å². The second kappa shape index (κ2) is 9.18. The van der Waals surface area contributed by atoms with Gasteiger partial charge >= 0.3 is 0 Å². The first kappa shape index (κ1) is 20.9. The number of anilines is 2. The van der Waals surface area contributed by atoms with Crippen LogP contribution >= 0.6 is 11.3 Å². The van der Waals surface area contributed by atoms with Crippen molar-refractivity contribution in [1.82, 2.24) is 4.98 Å². The van der Waals surface area contributed by atoms with E-state index in [-0.39, 0.29) is 17.7 Å². The number of thiazole rings is 1. The zero-order valence-electron chi connectivity index (χ0n) is 17.3. The van der Waals surface area contributed by atoms with E-state index < -0.39 is 0 Å². The Labute approximate surface area is 184 Å². The van der Waals surface area contributed by atoms with Gasteiger partial charge in [0.1, 0.15) is 0 Å². The van der Waals surface area contributed by atoms with Crippen LogP contribution < -0.4 is 20.1 Å². The number of aromatic nitrogens is 1. The predicted molar refractivity (Wildman–Crippen MR) is 120 cm³/mol. The third-order valence-electron chi connectivity index (χ3n) is 5.18. The second-order valence-electron chi connectivity index (χ2n) is 7.15. The minimum absolute atomic E-state index is 0.126. The van der Waals surface area contributed by atoms with E-state index in [1.54, 1.807) is 44.6 Å². The topological polar surface area (TPSA) is 89.6 Å². The lowest BCUT2D eigenvalue weighted by Gasteiger charge is -2.20. The molecule has 1 aromatic heterocycles. The lowest BCUT2D eigenvalue weighted by atomic mass is 9.90. The molecular formula is C23H23N3O4S. The average Bonchev–Trinajstić information content (AvgIpc) is 3.21. The van der Waals surface area contributed by atoms with Gasteiger partial charge in [0.2, 0.25) is 5.91 Å². The Morgan fingerprint density at radius 1 is 1.03 bits per heavy atom. The molecule has 0 unspecified atom stereocenters. The monoisotopic (exact) mass is 437 g/mol. The number of amides is 2. The first-order chi connectivity index (χ1) is 15.1. The number of benzene rings is 2. The number of methoxy groups -OCH3 is 2. The van der Waals surface area contributed by atoms with Crippen molar-refractivity contribution in [2.45, 2.75) is 25.2 Å². The predicted octanol–water partition coefficient (Wildman–Crippen LogP) is 4.47. The van der Waals surface area contributed by atoms with Crippen LogP contribution in [0.15, 0.2) is 48.5 Å². The molecular weight excluding hydrogens is 414 g/mol. The van der Waals surface area contributed by atoms with Gasteiger partial charge in [-0.3, -0.25) is 14.9 Å². The molecule has 0 saturated carbocycles. The minimum Gasteiger partial charge on any atom is -0.493 e. The summed E-state index contributed by atoms with van der Waals surface area (Å²) in [5, 5.41) is 6.33. The molecule has 8 heteroatoms. The molecule has 31 heavy (non-hydrogen) atoms. The van der Waals surface area contributed by atoms with Gasteiger partial charge in [0, 0.05) is 22.2 Å². The van der Waals surface area contributed by atoms with E-state index in [0.717, 1.165) is 23.4 Å². The maximum Gasteiger partial charge on any atom is 0.257 e. The Balaban J connectivity index is 1.50. The summed E-state index contributed by atoms with van der Waals surface area (Å²) in [5.41, 5.74) is 1.94. The SMILES string of the molecule is COc1ccc(NC(=O)[C@@H]2CCCc3sc(NC(=O)c4ccccc4)nc32)cc1OC. The van der Waals surface area contributed by atoms with E-state index in [0.29, 0.717) is 34.3 Å². The zero-order chi connectivity index (χ0) is 21.8. The van der Waals surface area contributed by atoms with Gasteiger partial charge in [0.25, 0.3) is 5.91 Å². The maximum atomic E-state index is 13.0. The molecule has 1 atom stereocenters. The summed E-state index contributed by atoms with van der Waals surface area (Å²) >= 11 is 1.44. The summed E-state index contributed by atoms with van der Waals surface area (Å²) in [4.78, 5) is 31.1. The van der Waals surface area contributed by atoms with Crippen molar-refractivity contribution in [2.75, 3.05) is 24.9 Å². The van der Waals surface area contributed by atoms with Gasteiger partial charge in [-0.2, -0.15) is 0 Å². The highest BCUT2D eigenvalue weighted by Crippen LogP contribution is 2.38. The molecule has 0 fully saturated rings. The Kier molecular flexibility index (Phi) is 6.18. The van der Waals surface area contributed by atoms with Gasteiger partial charge in [-0.1, -0.05) is 18.2 Å². The molecule has 0 bridgehead atoms. The van der Waals surface area contributed by atoms with Crippen LogP contribution in [-0.2, 0) is 11.2 Å². The summed E-state index contributed by atoms with van der Waals surface area (Å²) < 4.78 is 10.6. The van der Waals surface area contributed by atoms with Gasteiger partial charge in [-0.15, -0.1) is 11.3 Å². The lowest BCUT2D eigenvalue weighted by Crippen LogP contribution is -2.24. The van der Waals surface area contributed by atoms with E-state index in [1.807, 2.05) is 18.2 Å². The van der Waals surface area contributed by atoms with Crippen LogP contribution in [0.5, 0.6) is 11.5 Å². The number of carbonyl (C=O) groups is 2. The molecule has 2 amide bonds. The highest BCUT2D eigenvalue weighted by Gasteiger charge is 2.31. The Hall–Kier alpha value is -3.39. The smallest absolute Gasteiger partial charge is 0.257 e. The molecule has 1 heterocycles. The fourth-order valence-electron chi connectivity index (χ4n) is 3.63. The zero-order valence-corrected chi connectivity index (χ0v) is 18.1. The molecule has 160 valence electrons. The standard InChI is InChI=1S/C23H23N3O4S/c1-29-17-12-11-15(13-18(17)30-2)24-22(28)16-9-6-10-19-20(16)25-23(31-19)26-21(27)14-7-4-3-5-8-14/h3-5,7-8,11-13,16H,6,9-10H2,1-2H3,(H,24,28)(H,25,26,27)/t16-/m1/s1. The van der Waals surface area contributed by atoms with Crippen LogP contribution in [-0.4, -0.2) is 31.0 Å². The van der Waals surface area contributed by atoms with Gasteiger partial charge in [-0.05, 0) is 43.5 Å². The number of carbonyl (C=O) groups excluding carboxylic acids is 2. The number of ether oxygens (including phenoxy) is 2. The van der Waals surface area contributed by atoms with Crippen LogP contribution in [0.4, 0.5) is 10.8 Å². The molecule has 0 radical (unpaired) electrons. The third-order valence-corrected chi connectivity index (χ3v) is 6.22. The van der Waals surface area contributed by atoms with E-state index in [9.17, 15) is 9.59 Å². The molecule has 2 aromatic carbocycles. The van der Waals surface area contributed by atoms with Crippen LogP contribution in [0.25, 0.3) is 0 Å². The first-order valence-corrected chi connectivity index (χ1v) is 10.8. The van der Waals surface area contributed by atoms with Gasteiger partial charge < -0.3 is 14.8 Å². The molecule has 0 spiro atoms. The third kappa shape index (κ3) is 4.54. The molecule has 1 aliphatic carbocycles. The largest absolute Gasteiger partial charge is 0.493 e. The van der Waals surface area contributed by atoms with Crippen LogP contribution in [0.2, 0.25) is 0 Å². The number of hydrogen-bond acceptors (Lipinski definition) is 6. The van der Waals surface area contributed by atoms with Crippen molar-refractivity contribution in [3.63, 3.8) is 0 Å². The van der Waals surface area contributed by atoms with E-state index in [1.165, 1.54) is 11.3 Å². The summed E-state index contributed by atoms with van der Waals surface area (Å²) in [6.07, 6.45) is 2.46. The van der Waals surface area contributed by atoms with Crippen molar-refractivity contribution in [2.24, 2.45) is 0 Å². The Morgan fingerprint density at radius 3 is 2.55 bits per heavy atom. The summed E-state index contributed by atoms with van der Waals surface area (Å²) in [6.45, 7) is 0. The normalized spacial score (nSPS) is 15.0. The Bertz CT molecular complexity index is 1100. The minimum atomic E-state index is -0.365. The highest BCUT2D eigenvalue weighted by molar-refractivity contribution is 7.16. The van der Waals surface area contributed by atoms with E-state index in [4.69, 9.17) is 9.47 Å². The van der Waals surface area contributed by atoms with Crippen LogP contribution in [0, 0.1) is 0 Å². The summed E-state index contributed by atoms with van der Waals surface area (Å²) in [5.74, 6) is 0.441. The number of fused-ring (bicyclic) bond motifs is 1. The van der Waals surface area contributed by atoms with Gasteiger partial charge in [-0.25, -0.2) is 4.98 Å². The molecule has 7 nitrogen and oxygen atoms in total. The number of rotatable bonds is 6. The molecule has 0 aliphatic heterocycles. The Morgan fingerprint density at radius 2 is 1.81 bits per heavy atom. The van der Waals surface area contributed by atoms with Crippen molar-refractivity contribution < 1.29 is 19.1 Å². The highest BCUT2D eigenvalue weighted by atomic mass is 32.1. The number of aryl methyl sites for hydroxylation is 1. The van der Waals surface area contributed by atoms with Crippen molar-refractivity contribution >= 4 is 34.0 Å². The fraction of sp³-hybridized carbons (Fsp3) is 0.261. The van der Waals surface area contributed by atoms with Crippen LogP contribution in [0.1, 0.15) is 39.7 Å². The summed E-state index contributed by atoms with van der Waals surface area (Å²) in [7, 11) is 3.12. The van der Waals surface area contributed by atoms with E-state index >= 15 is 0 Å². The first-order valence-electron chi connectivity index (χ1n) is 9.98. The quantitative estimate of drug-likeness (QED) is 0.594. The van der Waals surface area contributed by atoms with E-state index in [2.05, 4.69) is 15.6 Å². The number of hydrogen-bond donors (Lipinski definition) is 2. The molecule has 4 rings (SSSR count). The fourth-order valence-corrected chi connectivity index (χ4v) is 4.69. The molecule has 2 N–H and O–H groups in total. The molecule has 0 saturated heterocycles. The van der Waals surface area contributed by atoms with Crippen molar-refractivity contribution in [3.8, 4) is 11.5 Å². The second-order valence-corrected chi connectivity index (χ2v) is 8.24. The maximum absolute atomic E-state index is 13.0. The lowest BCUT2D eigenvalue weighted by molar-refractivity contribution is -0.117. The molecule has 3 aromatic rings. The van der Waals surface area contributed by atoms with Gasteiger partial charge in [0.05, 0.1) is 25.8 Å². The average molecular weight is 438 g/mol. The number of nitrogens with one attached hydrogen (secondary N) is 2. The van der Waals surface area contributed by atoms with Crippen molar-refractivity contribution in [3.05, 3.63) is 64.7 Å². The van der Waals surface area contributed by atoms with Gasteiger partial charge in [0.15, 0.2) is 16.6 Å². The number of nitrogens with zero attached hydrogens (tertiary/aromatic N) is 1. The summed E-state index contributed by atoms with van der Waals surface area (Å²) in [6, 6.07) is 14.3. The van der Waals surface area contributed by atoms with Crippen molar-refractivity contribution in [1.29, 1.82) is 0 Å².